The second kappa shape index (κ2) is 6.19. The van der Waals surface area contributed by atoms with Gasteiger partial charge in [-0.1, -0.05) is 19.3 Å². The summed E-state index contributed by atoms with van der Waals surface area (Å²) < 4.78 is 1.37. The maximum atomic E-state index is 11.9. The van der Waals surface area contributed by atoms with Gasteiger partial charge >= 0.3 is 0 Å². The molecule has 2 rings (SSSR count). The summed E-state index contributed by atoms with van der Waals surface area (Å²) in [6.07, 6.45) is 6.95. The third-order valence-corrected chi connectivity index (χ3v) is 3.93. The maximum Gasteiger partial charge on any atom is 0.268 e. The molecule has 1 aliphatic rings. The van der Waals surface area contributed by atoms with Crippen molar-refractivity contribution < 1.29 is 5.11 Å². The summed E-state index contributed by atoms with van der Waals surface area (Å²) in [5, 5.41) is 14.4. The lowest BCUT2D eigenvalue weighted by atomic mass is 9.85. The van der Waals surface area contributed by atoms with Crippen LogP contribution < -0.4 is 10.5 Å². The Morgan fingerprint density at radius 1 is 1.42 bits per heavy atom. The lowest BCUT2D eigenvalue weighted by Crippen LogP contribution is -2.33. The average Bonchev–Trinajstić information content (AvgIpc) is 2.41. The van der Waals surface area contributed by atoms with E-state index >= 15 is 0 Å². The van der Waals surface area contributed by atoms with Crippen molar-refractivity contribution in [3.8, 4) is 0 Å². The van der Waals surface area contributed by atoms with Gasteiger partial charge in [0.25, 0.3) is 5.56 Å². The van der Waals surface area contributed by atoms with Crippen molar-refractivity contribution in [2.45, 2.75) is 44.8 Å². The minimum atomic E-state index is -0.462. The molecule has 1 N–H and O–H groups in total. The monoisotopic (exact) mass is 265 g/mol. The van der Waals surface area contributed by atoms with Crippen LogP contribution >= 0.6 is 0 Å². The van der Waals surface area contributed by atoms with Crippen LogP contribution in [0.3, 0.4) is 0 Å². The summed E-state index contributed by atoms with van der Waals surface area (Å²) in [6, 6.07) is 1.56. The van der Waals surface area contributed by atoms with Crippen molar-refractivity contribution >= 4 is 5.69 Å². The number of rotatable bonds is 4. The molecule has 19 heavy (non-hydrogen) atoms. The largest absolute Gasteiger partial charge is 0.391 e. The van der Waals surface area contributed by atoms with Gasteiger partial charge in [-0.15, -0.1) is 0 Å². The van der Waals surface area contributed by atoms with Crippen LogP contribution in [0.1, 0.15) is 32.1 Å². The molecule has 1 heterocycles. The van der Waals surface area contributed by atoms with E-state index in [2.05, 4.69) is 5.10 Å². The van der Waals surface area contributed by atoms with Gasteiger partial charge in [-0.3, -0.25) is 4.79 Å². The first-order valence-corrected chi connectivity index (χ1v) is 7.00. The summed E-state index contributed by atoms with van der Waals surface area (Å²) in [6.45, 7) is 0.303. The molecule has 0 saturated heterocycles. The number of aliphatic hydroxyl groups is 1. The van der Waals surface area contributed by atoms with Crippen LogP contribution in [0.4, 0.5) is 5.69 Å². The van der Waals surface area contributed by atoms with Gasteiger partial charge in [-0.25, -0.2) is 4.68 Å². The van der Waals surface area contributed by atoms with E-state index < -0.39 is 6.10 Å². The maximum absolute atomic E-state index is 11.9. The predicted octanol–water partition coefficient (Wildman–Crippen LogP) is 1.25. The zero-order chi connectivity index (χ0) is 13.8. The zero-order valence-electron chi connectivity index (χ0n) is 11.7. The standard InChI is InChI=1S/C14H23N3O2/c1-16(2)12-8-14(19)17(15-9-12)10-13(18)11-6-4-3-5-7-11/h8-9,11,13,18H,3-7,10H2,1-2H3. The quantitative estimate of drug-likeness (QED) is 0.890. The van der Waals surface area contributed by atoms with Crippen LogP contribution in [0, 0.1) is 5.92 Å². The molecule has 5 heteroatoms. The van der Waals surface area contributed by atoms with Gasteiger partial charge in [-0.2, -0.15) is 5.10 Å². The van der Waals surface area contributed by atoms with Crippen LogP contribution in [0.15, 0.2) is 17.1 Å². The van der Waals surface area contributed by atoms with Crippen LogP contribution in [0.5, 0.6) is 0 Å². The lowest BCUT2D eigenvalue weighted by Gasteiger charge is -2.26. The highest BCUT2D eigenvalue weighted by Gasteiger charge is 2.22. The molecule has 0 spiro atoms. The first-order chi connectivity index (χ1) is 9.08. The fourth-order valence-corrected chi connectivity index (χ4v) is 2.65. The normalized spacial score (nSPS) is 18.3. The van der Waals surface area contributed by atoms with Crippen LogP contribution in [-0.2, 0) is 6.54 Å². The highest BCUT2D eigenvalue weighted by molar-refractivity contribution is 5.40. The molecule has 5 nitrogen and oxygen atoms in total. The minimum Gasteiger partial charge on any atom is -0.391 e. The van der Waals surface area contributed by atoms with Gasteiger partial charge in [0.1, 0.15) is 0 Å². The van der Waals surface area contributed by atoms with Gasteiger partial charge in [-0.05, 0) is 18.8 Å². The van der Waals surface area contributed by atoms with Crippen molar-refractivity contribution in [2.75, 3.05) is 19.0 Å². The van der Waals surface area contributed by atoms with E-state index in [0.717, 1.165) is 18.5 Å². The van der Waals surface area contributed by atoms with Crippen molar-refractivity contribution in [3.63, 3.8) is 0 Å². The van der Waals surface area contributed by atoms with E-state index in [4.69, 9.17) is 0 Å². The minimum absolute atomic E-state index is 0.152. The Hall–Kier alpha value is -1.36. The molecule has 1 aliphatic carbocycles. The third kappa shape index (κ3) is 3.56. The smallest absolute Gasteiger partial charge is 0.268 e. The van der Waals surface area contributed by atoms with Gasteiger partial charge in [0.05, 0.1) is 24.5 Å². The Morgan fingerprint density at radius 2 is 2.11 bits per heavy atom. The van der Waals surface area contributed by atoms with Crippen molar-refractivity contribution in [1.82, 2.24) is 9.78 Å². The van der Waals surface area contributed by atoms with Gasteiger partial charge < -0.3 is 10.0 Å². The molecule has 0 aliphatic heterocycles. The van der Waals surface area contributed by atoms with E-state index in [0.29, 0.717) is 12.5 Å². The second-order valence-electron chi connectivity index (χ2n) is 5.59. The molecular formula is C14H23N3O2. The SMILES string of the molecule is CN(C)c1cnn(CC(O)C2CCCCC2)c(=O)c1. The highest BCUT2D eigenvalue weighted by atomic mass is 16.3. The summed E-state index contributed by atoms with van der Waals surface area (Å²) in [7, 11) is 3.75. The molecule has 0 bridgehead atoms. The number of aromatic nitrogens is 2. The Bertz CT molecular complexity index is 464. The summed E-state index contributed by atoms with van der Waals surface area (Å²) in [4.78, 5) is 13.8. The topological polar surface area (TPSA) is 58.4 Å². The first kappa shape index (κ1) is 14.1. The fraction of sp³-hybridized carbons (Fsp3) is 0.714. The Kier molecular flexibility index (Phi) is 4.58. The van der Waals surface area contributed by atoms with Crippen LogP contribution in [0.2, 0.25) is 0 Å². The number of hydrogen-bond donors (Lipinski definition) is 1. The average molecular weight is 265 g/mol. The fourth-order valence-electron chi connectivity index (χ4n) is 2.65. The number of aliphatic hydroxyl groups excluding tert-OH is 1. The van der Waals surface area contributed by atoms with Gasteiger partial charge in [0, 0.05) is 20.2 Å². The summed E-state index contributed by atoms with van der Waals surface area (Å²) in [5.74, 6) is 0.316. The Labute approximate surface area is 113 Å². The third-order valence-electron chi connectivity index (χ3n) is 3.93. The van der Waals surface area contributed by atoms with E-state index in [1.54, 1.807) is 12.3 Å². The van der Waals surface area contributed by atoms with E-state index in [1.807, 2.05) is 19.0 Å². The molecule has 1 aromatic rings. The predicted molar refractivity (Wildman–Crippen MR) is 75.4 cm³/mol. The molecular weight excluding hydrogens is 242 g/mol. The van der Waals surface area contributed by atoms with Gasteiger partial charge in [0.2, 0.25) is 0 Å². The Balaban J connectivity index is 2.04. The molecule has 1 saturated carbocycles. The number of anilines is 1. The molecule has 1 fully saturated rings. The Morgan fingerprint density at radius 3 is 2.68 bits per heavy atom. The molecule has 0 amide bonds. The second-order valence-corrected chi connectivity index (χ2v) is 5.59. The number of nitrogens with zero attached hydrogens (tertiary/aromatic N) is 3. The molecule has 0 aromatic carbocycles. The van der Waals surface area contributed by atoms with E-state index in [1.165, 1.54) is 23.9 Å². The van der Waals surface area contributed by atoms with Crippen molar-refractivity contribution in [2.24, 2.45) is 5.92 Å². The van der Waals surface area contributed by atoms with Crippen LogP contribution in [0.25, 0.3) is 0 Å². The summed E-state index contributed by atoms with van der Waals surface area (Å²) in [5.41, 5.74) is 0.634. The van der Waals surface area contributed by atoms with Gasteiger partial charge in [0.15, 0.2) is 0 Å². The molecule has 1 aromatic heterocycles. The van der Waals surface area contributed by atoms with E-state index in [9.17, 15) is 9.90 Å². The summed E-state index contributed by atoms with van der Waals surface area (Å²) >= 11 is 0. The number of hydrogen-bond acceptors (Lipinski definition) is 4. The van der Waals surface area contributed by atoms with Crippen LogP contribution in [-0.4, -0.2) is 35.1 Å². The lowest BCUT2D eigenvalue weighted by molar-refractivity contribution is 0.0651. The molecule has 1 unspecified atom stereocenters. The first-order valence-electron chi connectivity index (χ1n) is 7.00. The molecule has 0 radical (unpaired) electrons. The van der Waals surface area contributed by atoms with E-state index in [-0.39, 0.29) is 5.56 Å². The molecule has 106 valence electrons. The highest BCUT2D eigenvalue weighted by Crippen LogP contribution is 2.26. The van der Waals surface area contributed by atoms with Crippen molar-refractivity contribution in [3.05, 3.63) is 22.6 Å². The van der Waals surface area contributed by atoms with Crippen molar-refractivity contribution in [1.29, 1.82) is 0 Å². The molecule has 1 atom stereocenters. The zero-order valence-corrected chi connectivity index (χ0v) is 11.7.